The number of allylic oxidation sites excluding steroid dienone is 2. The topological polar surface area (TPSA) is 129 Å². The lowest BCUT2D eigenvalue weighted by atomic mass is 9.57. The first-order valence-electron chi connectivity index (χ1n) is 15.1. The highest BCUT2D eigenvalue weighted by atomic mass is 19.1. The number of ketones is 2. The number of carbonyl (C=O) groups is 6. The zero-order valence-corrected chi connectivity index (χ0v) is 25.0. The summed E-state index contributed by atoms with van der Waals surface area (Å²) in [6, 6.07) is 16.4. The minimum absolute atomic E-state index is 0.104. The number of rotatable bonds is 5. The Morgan fingerprint density at radius 3 is 1.76 bits per heavy atom. The van der Waals surface area contributed by atoms with Crippen LogP contribution in [0.4, 0.5) is 15.8 Å². The maximum atomic E-state index is 14.8. The summed E-state index contributed by atoms with van der Waals surface area (Å²) in [6.45, 7) is 2.83. The fraction of sp³-hybridized carbons (Fsp3) is 0.278. The molecular formula is C36H29FN2O7. The van der Waals surface area contributed by atoms with Gasteiger partial charge in [0, 0.05) is 22.6 Å². The Labute approximate surface area is 263 Å². The van der Waals surface area contributed by atoms with Crippen molar-refractivity contribution in [2.75, 3.05) is 9.80 Å². The third-order valence-electron chi connectivity index (χ3n) is 10.1. The lowest BCUT2D eigenvalue weighted by Crippen LogP contribution is -2.43. The SMILES string of the molecule is CC(=O)c1ccc(N2C(=O)C3CC=C4C(CC5C(=O)N(c6ccc(C(C)=O)cc6)C(=O)C5C4c4cccc(F)c4O)C3C2=O)cc1. The number of Topliss-reactive ketones (excluding diaryl/α,β-unsaturated/α-hetero) is 2. The van der Waals surface area contributed by atoms with Gasteiger partial charge in [-0.3, -0.25) is 38.6 Å². The van der Waals surface area contributed by atoms with Crippen LogP contribution in [-0.4, -0.2) is 40.3 Å². The molecule has 4 aliphatic rings. The van der Waals surface area contributed by atoms with Crippen molar-refractivity contribution in [3.05, 3.63) is 101 Å². The Morgan fingerprint density at radius 2 is 1.22 bits per heavy atom. The van der Waals surface area contributed by atoms with Crippen LogP contribution in [0.15, 0.2) is 78.4 Å². The van der Waals surface area contributed by atoms with Crippen LogP contribution in [0.2, 0.25) is 0 Å². The summed E-state index contributed by atoms with van der Waals surface area (Å²) in [4.78, 5) is 81.9. The quantitative estimate of drug-likeness (QED) is 0.242. The second-order valence-corrected chi connectivity index (χ2v) is 12.4. The third kappa shape index (κ3) is 4.27. The molecule has 2 aliphatic carbocycles. The fourth-order valence-electron chi connectivity index (χ4n) is 7.92. The number of aromatic hydroxyl groups is 1. The van der Waals surface area contributed by atoms with E-state index < -0.39 is 70.7 Å². The Morgan fingerprint density at radius 1 is 0.696 bits per heavy atom. The number of amides is 4. The van der Waals surface area contributed by atoms with Crippen LogP contribution in [-0.2, 0) is 19.2 Å². The number of imide groups is 2. The van der Waals surface area contributed by atoms with Gasteiger partial charge in [-0.15, -0.1) is 0 Å². The van der Waals surface area contributed by atoms with Gasteiger partial charge in [-0.25, -0.2) is 4.39 Å². The molecule has 0 radical (unpaired) electrons. The van der Waals surface area contributed by atoms with E-state index in [0.717, 1.165) is 15.9 Å². The van der Waals surface area contributed by atoms with E-state index in [-0.39, 0.29) is 35.7 Å². The first-order chi connectivity index (χ1) is 22.0. The number of halogens is 1. The minimum atomic E-state index is -0.992. The number of carbonyl (C=O) groups excluding carboxylic acids is 6. The minimum Gasteiger partial charge on any atom is -0.505 e. The van der Waals surface area contributed by atoms with Gasteiger partial charge in [-0.05, 0) is 87.2 Å². The average Bonchev–Trinajstić information content (AvgIpc) is 3.45. The second kappa shape index (κ2) is 10.7. The van der Waals surface area contributed by atoms with Crippen molar-refractivity contribution in [3.63, 3.8) is 0 Å². The van der Waals surface area contributed by atoms with Gasteiger partial charge >= 0.3 is 0 Å². The third-order valence-corrected chi connectivity index (χ3v) is 10.1. The summed E-state index contributed by atoms with van der Waals surface area (Å²) in [5, 5.41) is 10.9. The molecule has 232 valence electrons. The van der Waals surface area contributed by atoms with Gasteiger partial charge < -0.3 is 5.11 Å². The van der Waals surface area contributed by atoms with Crippen molar-refractivity contribution in [2.45, 2.75) is 32.6 Å². The summed E-state index contributed by atoms with van der Waals surface area (Å²) in [7, 11) is 0. The molecule has 2 heterocycles. The van der Waals surface area contributed by atoms with Crippen molar-refractivity contribution in [3.8, 4) is 5.75 Å². The van der Waals surface area contributed by atoms with Crippen LogP contribution in [0, 0.1) is 35.4 Å². The summed E-state index contributed by atoms with van der Waals surface area (Å²) in [5.41, 5.74) is 2.20. The maximum absolute atomic E-state index is 14.8. The number of nitrogens with zero attached hydrogens (tertiary/aromatic N) is 2. The number of hydrogen-bond acceptors (Lipinski definition) is 7. The molecule has 6 unspecified atom stereocenters. The number of para-hydroxylation sites is 1. The smallest absolute Gasteiger partial charge is 0.238 e. The van der Waals surface area contributed by atoms with Gasteiger partial charge in [0.15, 0.2) is 23.1 Å². The first kappa shape index (κ1) is 29.5. The lowest BCUT2D eigenvalue weighted by molar-refractivity contribution is -0.126. The van der Waals surface area contributed by atoms with Crippen LogP contribution in [0.25, 0.3) is 0 Å². The molecule has 3 aromatic rings. The van der Waals surface area contributed by atoms with E-state index in [2.05, 4.69) is 0 Å². The van der Waals surface area contributed by atoms with Gasteiger partial charge in [0.2, 0.25) is 23.6 Å². The zero-order valence-electron chi connectivity index (χ0n) is 25.0. The van der Waals surface area contributed by atoms with Gasteiger partial charge in [0.05, 0.1) is 35.0 Å². The van der Waals surface area contributed by atoms with Crippen molar-refractivity contribution >= 4 is 46.6 Å². The molecule has 9 nitrogen and oxygen atoms in total. The number of benzene rings is 3. The Bertz CT molecular complexity index is 1900. The normalized spacial score (nSPS) is 26.9. The highest BCUT2D eigenvalue weighted by Gasteiger charge is 2.62. The van der Waals surface area contributed by atoms with Crippen molar-refractivity contribution in [1.82, 2.24) is 0 Å². The van der Waals surface area contributed by atoms with Crippen LogP contribution in [0.1, 0.15) is 58.9 Å². The van der Waals surface area contributed by atoms with E-state index >= 15 is 0 Å². The van der Waals surface area contributed by atoms with E-state index in [0.29, 0.717) is 22.4 Å². The Hall–Kier alpha value is -5.25. The van der Waals surface area contributed by atoms with E-state index in [9.17, 15) is 38.3 Å². The molecule has 46 heavy (non-hydrogen) atoms. The number of fused-ring (bicyclic) bond motifs is 4. The predicted molar refractivity (Wildman–Crippen MR) is 163 cm³/mol. The fourth-order valence-corrected chi connectivity index (χ4v) is 7.92. The van der Waals surface area contributed by atoms with Crippen LogP contribution >= 0.6 is 0 Å². The van der Waals surface area contributed by atoms with Gasteiger partial charge in [0.25, 0.3) is 0 Å². The summed E-state index contributed by atoms with van der Waals surface area (Å²) in [5.74, 6) is -8.75. The van der Waals surface area contributed by atoms with Crippen molar-refractivity contribution in [1.29, 1.82) is 0 Å². The van der Waals surface area contributed by atoms with Gasteiger partial charge in [-0.1, -0.05) is 23.8 Å². The number of hydrogen-bond donors (Lipinski definition) is 1. The molecule has 0 aromatic heterocycles. The highest BCUT2D eigenvalue weighted by molar-refractivity contribution is 6.24. The van der Waals surface area contributed by atoms with Crippen molar-refractivity contribution < 1.29 is 38.3 Å². The Kier molecular flexibility index (Phi) is 6.84. The molecule has 1 saturated carbocycles. The first-order valence-corrected chi connectivity index (χ1v) is 15.1. The number of phenolic OH excluding ortho intramolecular Hbond substituents is 1. The molecule has 4 amide bonds. The summed E-state index contributed by atoms with van der Waals surface area (Å²) in [6.07, 6.45) is 2.10. The molecular weight excluding hydrogens is 591 g/mol. The van der Waals surface area contributed by atoms with Crippen LogP contribution in [0.5, 0.6) is 5.75 Å². The summed E-state index contributed by atoms with van der Waals surface area (Å²) < 4.78 is 14.8. The zero-order chi connectivity index (χ0) is 32.6. The molecule has 6 atom stereocenters. The van der Waals surface area contributed by atoms with E-state index in [4.69, 9.17) is 0 Å². The van der Waals surface area contributed by atoms with Crippen LogP contribution < -0.4 is 9.80 Å². The van der Waals surface area contributed by atoms with E-state index in [1.165, 1.54) is 50.2 Å². The maximum Gasteiger partial charge on any atom is 0.238 e. The van der Waals surface area contributed by atoms with Crippen LogP contribution in [0.3, 0.4) is 0 Å². The molecule has 7 rings (SSSR count). The van der Waals surface area contributed by atoms with E-state index in [1.54, 1.807) is 24.3 Å². The number of phenols is 1. The monoisotopic (exact) mass is 620 g/mol. The standard InChI is InChI=1S/C36H29FN2O7/c1-17(40)19-6-10-21(11-7-19)38-33(43)25-15-14-23-26(30(25)35(38)45)16-27-31(29(23)24-4-3-5-28(37)32(24)42)36(46)39(34(27)44)22-12-8-20(9-13-22)18(2)41/h3-14,25-27,29-31,42H,15-16H2,1-2H3. The highest BCUT2D eigenvalue weighted by Crippen LogP contribution is 2.59. The Balaban J connectivity index is 1.31. The average molecular weight is 621 g/mol. The molecule has 1 N–H and O–H groups in total. The molecule has 3 aromatic carbocycles. The van der Waals surface area contributed by atoms with E-state index in [1.807, 2.05) is 6.08 Å². The predicted octanol–water partition coefficient (Wildman–Crippen LogP) is 4.98. The molecule has 3 fully saturated rings. The van der Waals surface area contributed by atoms with Gasteiger partial charge in [0.1, 0.15) is 0 Å². The number of anilines is 2. The molecule has 10 heteroatoms. The second-order valence-electron chi connectivity index (χ2n) is 12.4. The lowest BCUT2D eigenvalue weighted by Gasteiger charge is -2.44. The largest absolute Gasteiger partial charge is 0.505 e. The van der Waals surface area contributed by atoms with Crippen molar-refractivity contribution in [2.24, 2.45) is 29.6 Å². The van der Waals surface area contributed by atoms with Gasteiger partial charge in [-0.2, -0.15) is 0 Å². The molecule has 2 saturated heterocycles. The molecule has 2 aliphatic heterocycles. The molecule has 0 bridgehead atoms. The molecule has 0 spiro atoms. The summed E-state index contributed by atoms with van der Waals surface area (Å²) >= 11 is 0.